The Bertz CT molecular complexity index is 718. The summed E-state index contributed by atoms with van der Waals surface area (Å²) in [5.41, 5.74) is 3.02. The van der Waals surface area contributed by atoms with Crippen molar-refractivity contribution in [2.45, 2.75) is 25.0 Å². The fourth-order valence-electron chi connectivity index (χ4n) is 3.12. The Balaban J connectivity index is 1.72. The number of ether oxygens (including phenoxy) is 2. The van der Waals surface area contributed by atoms with Gasteiger partial charge < -0.3 is 20.1 Å². The molecule has 2 N–H and O–H groups in total. The molecule has 0 aliphatic carbocycles. The number of amides is 1. The first-order valence-electron chi connectivity index (χ1n) is 8.47. The van der Waals surface area contributed by atoms with Crippen molar-refractivity contribution in [3.05, 3.63) is 59.7 Å². The first kappa shape index (κ1) is 17.5. The molecule has 0 saturated carbocycles. The highest BCUT2D eigenvalue weighted by atomic mass is 16.5. The van der Waals surface area contributed by atoms with Crippen LogP contribution in [0.1, 0.15) is 17.5 Å². The molecule has 1 amide bonds. The maximum atomic E-state index is 12.4. The van der Waals surface area contributed by atoms with Crippen molar-refractivity contribution in [1.29, 1.82) is 0 Å². The summed E-state index contributed by atoms with van der Waals surface area (Å²) >= 11 is 0. The van der Waals surface area contributed by atoms with Gasteiger partial charge >= 0.3 is 0 Å². The number of carbonyl (C=O) groups excluding carboxylic acids is 1. The van der Waals surface area contributed by atoms with Crippen molar-refractivity contribution in [3.8, 4) is 5.75 Å². The second kappa shape index (κ2) is 8.14. The van der Waals surface area contributed by atoms with Gasteiger partial charge in [0.15, 0.2) is 0 Å². The number of rotatable bonds is 6. The molecule has 0 spiro atoms. The molecular weight excluding hydrogens is 316 g/mol. The summed E-state index contributed by atoms with van der Waals surface area (Å²) in [7, 11) is 3.33. The van der Waals surface area contributed by atoms with Gasteiger partial charge in [0.2, 0.25) is 5.91 Å². The van der Waals surface area contributed by atoms with Gasteiger partial charge in [-0.3, -0.25) is 4.79 Å². The van der Waals surface area contributed by atoms with Crippen LogP contribution in [-0.4, -0.2) is 38.8 Å². The van der Waals surface area contributed by atoms with Crippen LogP contribution in [0, 0.1) is 0 Å². The summed E-state index contributed by atoms with van der Waals surface area (Å²) in [6.45, 7) is 0.705. The molecule has 1 fully saturated rings. The van der Waals surface area contributed by atoms with Crippen LogP contribution in [0.3, 0.4) is 0 Å². The fraction of sp³-hybridized carbons (Fsp3) is 0.350. The third-order valence-electron chi connectivity index (χ3n) is 4.53. The van der Waals surface area contributed by atoms with Crippen molar-refractivity contribution in [3.63, 3.8) is 0 Å². The lowest BCUT2D eigenvalue weighted by Gasteiger charge is -2.14. The standard InChI is InChI=1S/C20H24N2O3/c1-24-17-12-18(21-13-17)20(23)22-16-8-9-19(25-2)15(11-16)10-14-6-4-3-5-7-14/h3-9,11,17-18,21H,10,12-13H2,1-2H3,(H,22,23)/t17-,18+/m0/s1. The lowest BCUT2D eigenvalue weighted by Crippen LogP contribution is -2.35. The molecule has 1 heterocycles. The van der Waals surface area contributed by atoms with Gasteiger partial charge in [0, 0.05) is 31.3 Å². The Morgan fingerprint density at radius 1 is 1.20 bits per heavy atom. The highest BCUT2D eigenvalue weighted by Gasteiger charge is 2.29. The van der Waals surface area contributed by atoms with Crippen molar-refractivity contribution >= 4 is 11.6 Å². The van der Waals surface area contributed by atoms with Gasteiger partial charge in [0.1, 0.15) is 5.75 Å². The third-order valence-corrected chi connectivity index (χ3v) is 4.53. The highest BCUT2D eigenvalue weighted by Crippen LogP contribution is 2.25. The zero-order valence-electron chi connectivity index (χ0n) is 14.6. The van der Waals surface area contributed by atoms with Gasteiger partial charge in [-0.15, -0.1) is 0 Å². The first-order chi connectivity index (χ1) is 12.2. The van der Waals surface area contributed by atoms with Crippen molar-refractivity contribution in [2.75, 3.05) is 26.1 Å². The van der Waals surface area contributed by atoms with E-state index in [-0.39, 0.29) is 18.1 Å². The van der Waals surface area contributed by atoms with E-state index in [2.05, 4.69) is 22.8 Å². The molecule has 2 atom stereocenters. The highest BCUT2D eigenvalue weighted by molar-refractivity contribution is 5.95. The predicted molar refractivity (Wildman–Crippen MR) is 98.1 cm³/mol. The number of hydrogen-bond acceptors (Lipinski definition) is 4. The number of carbonyl (C=O) groups is 1. The Hall–Kier alpha value is -2.37. The Labute approximate surface area is 148 Å². The Morgan fingerprint density at radius 3 is 2.68 bits per heavy atom. The van der Waals surface area contributed by atoms with Gasteiger partial charge in [0.25, 0.3) is 0 Å². The first-order valence-corrected chi connectivity index (χ1v) is 8.47. The van der Waals surface area contributed by atoms with Crippen molar-refractivity contribution in [1.82, 2.24) is 5.32 Å². The van der Waals surface area contributed by atoms with E-state index < -0.39 is 0 Å². The van der Waals surface area contributed by atoms with Crippen LogP contribution in [0.5, 0.6) is 5.75 Å². The van der Waals surface area contributed by atoms with E-state index in [0.29, 0.717) is 13.0 Å². The molecule has 2 aromatic rings. The minimum Gasteiger partial charge on any atom is -0.496 e. The van der Waals surface area contributed by atoms with Crippen LogP contribution in [0.25, 0.3) is 0 Å². The number of methoxy groups -OCH3 is 2. The van der Waals surface area contributed by atoms with Gasteiger partial charge in [0.05, 0.1) is 19.3 Å². The van der Waals surface area contributed by atoms with Crippen LogP contribution >= 0.6 is 0 Å². The fourth-order valence-corrected chi connectivity index (χ4v) is 3.12. The molecule has 5 nitrogen and oxygen atoms in total. The largest absolute Gasteiger partial charge is 0.496 e. The molecule has 3 rings (SSSR count). The quantitative estimate of drug-likeness (QED) is 0.849. The number of hydrogen-bond donors (Lipinski definition) is 2. The number of benzene rings is 2. The average molecular weight is 340 g/mol. The van der Waals surface area contributed by atoms with E-state index in [4.69, 9.17) is 9.47 Å². The topological polar surface area (TPSA) is 59.6 Å². The maximum absolute atomic E-state index is 12.4. The zero-order chi connectivity index (χ0) is 17.6. The molecule has 25 heavy (non-hydrogen) atoms. The molecule has 132 valence electrons. The van der Waals surface area contributed by atoms with Gasteiger partial charge in [-0.25, -0.2) is 0 Å². The summed E-state index contributed by atoms with van der Waals surface area (Å²) < 4.78 is 10.8. The predicted octanol–water partition coefficient (Wildman–Crippen LogP) is 2.60. The minimum absolute atomic E-state index is 0.0321. The van der Waals surface area contributed by atoms with E-state index in [9.17, 15) is 4.79 Å². The van der Waals surface area contributed by atoms with E-state index >= 15 is 0 Å². The molecule has 0 radical (unpaired) electrons. The molecule has 5 heteroatoms. The van der Waals surface area contributed by atoms with Crippen LogP contribution in [0.15, 0.2) is 48.5 Å². The normalized spacial score (nSPS) is 19.6. The van der Waals surface area contributed by atoms with Crippen molar-refractivity contribution < 1.29 is 14.3 Å². The molecular formula is C20H24N2O3. The van der Waals surface area contributed by atoms with Crippen LogP contribution in [0.4, 0.5) is 5.69 Å². The molecule has 0 aromatic heterocycles. The summed E-state index contributed by atoms with van der Waals surface area (Å²) in [5.74, 6) is 0.788. The lowest BCUT2D eigenvalue weighted by atomic mass is 10.0. The van der Waals surface area contributed by atoms with E-state index in [1.807, 2.05) is 36.4 Å². The van der Waals surface area contributed by atoms with Crippen LogP contribution < -0.4 is 15.4 Å². The second-order valence-corrected chi connectivity index (χ2v) is 6.23. The SMILES string of the molecule is COc1ccc(NC(=O)[C@H]2C[C@H](OC)CN2)cc1Cc1ccccc1. The smallest absolute Gasteiger partial charge is 0.241 e. The van der Waals surface area contributed by atoms with Crippen molar-refractivity contribution in [2.24, 2.45) is 0 Å². The molecule has 1 aliphatic rings. The molecule has 2 aromatic carbocycles. The van der Waals surface area contributed by atoms with Crippen LogP contribution in [-0.2, 0) is 16.0 Å². The average Bonchev–Trinajstić information content (AvgIpc) is 3.12. The Morgan fingerprint density at radius 2 is 2.00 bits per heavy atom. The van der Waals surface area contributed by atoms with E-state index in [1.165, 1.54) is 5.56 Å². The van der Waals surface area contributed by atoms with E-state index in [1.54, 1.807) is 14.2 Å². The monoisotopic (exact) mass is 340 g/mol. The number of nitrogens with one attached hydrogen (secondary N) is 2. The van der Waals surface area contributed by atoms with Crippen LogP contribution in [0.2, 0.25) is 0 Å². The maximum Gasteiger partial charge on any atom is 0.241 e. The third kappa shape index (κ3) is 4.38. The molecule has 1 saturated heterocycles. The number of anilines is 1. The summed E-state index contributed by atoms with van der Waals surface area (Å²) in [4.78, 5) is 12.4. The second-order valence-electron chi connectivity index (χ2n) is 6.23. The van der Waals surface area contributed by atoms with E-state index in [0.717, 1.165) is 23.4 Å². The van der Waals surface area contributed by atoms with Gasteiger partial charge in [-0.1, -0.05) is 30.3 Å². The molecule has 1 aliphatic heterocycles. The molecule has 0 unspecified atom stereocenters. The van der Waals surface area contributed by atoms with Gasteiger partial charge in [-0.2, -0.15) is 0 Å². The zero-order valence-corrected chi connectivity index (χ0v) is 14.6. The van der Waals surface area contributed by atoms with Gasteiger partial charge in [-0.05, 0) is 30.2 Å². The summed E-state index contributed by atoms with van der Waals surface area (Å²) in [6.07, 6.45) is 1.54. The minimum atomic E-state index is -0.218. The molecule has 0 bridgehead atoms. The summed E-state index contributed by atoms with van der Waals surface area (Å²) in [5, 5.41) is 6.19. The Kier molecular flexibility index (Phi) is 5.68. The summed E-state index contributed by atoms with van der Waals surface area (Å²) in [6, 6.07) is 15.7. The lowest BCUT2D eigenvalue weighted by molar-refractivity contribution is -0.118.